The highest BCUT2D eigenvalue weighted by molar-refractivity contribution is 14.1. The number of aliphatic carboxylic acids is 1. The Bertz CT molecular complexity index is 538. The van der Waals surface area contributed by atoms with Crippen molar-refractivity contribution in [1.82, 2.24) is 4.90 Å². The molecule has 1 aromatic rings. The SMILES string of the molecule is O=C(O)CC1CCN(C(=O)Nc2ccc(F)cc2I)C1. The molecule has 0 aromatic heterocycles. The van der Waals surface area contributed by atoms with Crippen molar-refractivity contribution in [3.8, 4) is 0 Å². The fraction of sp³-hybridized carbons (Fsp3) is 0.385. The van der Waals surface area contributed by atoms with Crippen LogP contribution in [0.15, 0.2) is 18.2 Å². The molecule has 0 aliphatic carbocycles. The number of halogens is 2. The number of amides is 2. The van der Waals surface area contributed by atoms with Gasteiger partial charge in [0.1, 0.15) is 5.82 Å². The number of anilines is 1. The molecule has 0 spiro atoms. The van der Waals surface area contributed by atoms with Crippen LogP contribution < -0.4 is 5.32 Å². The zero-order valence-electron chi connectivity index (χ0n) is 10.6. The smallest absolute Gasteiger partial charge is 0.321 e. The van der Waals surface area contributed by atoms with E-state index >= 15 is 0 Å². The lowest BCUT2D eigenvalue weighted by Gasteiger charge is -2.17. The van der Waals surface area contributed by atoms with E-state index < -0.39 is 5.97 Å². The lowest BCUT2D eigenvalue weighted by Crippen LogP contribution is -2.33. The molecule has 7 heteroatoms. The molecular formula is C13H14FIN2O3. The number of nitrogens with one attached hydrogen (secondary N) is 1. The van der Waals surface area contributed by atoms with E-state index in [0.717, 1.165) is 0 Å². The van der Waals surface area contributed by atoms with Crippen molar-refractivity contribution in [2.75, 3.05) is 18.4 Å². The van der Waals surface area contributed by atoms with Crippen LogP contribution in [0.3, 0.4) is 0 Å². The molecule has 20 heavy (non-hydrogen) atoms. The molecule has 0 saturated carbocycles. The summed E-state index contributed by atoms with van der Waals surface area (Å²) in [6.45, 7) is 0.984. The minimum Gasteiger partial charge on any atom is -0.481 e. The van der Waals surface area contributed by atoms with Gasteiger partial charge in [-0.1, -0.05) is 0 Å². The van der Waals surface area contributed by atoms with Crippen LogP contribution in [0.1, 0.15) is 12.8 Å². The van der Waals surface area contributed by atoms with Crippen LogP contribution in [-0.2, 0) is 4.79 Å². The van der Waals surface area contributed by atoms with E-state index in [9.17, 15) is 14.0 Å². The maximum atomic E-state index is 13.0. The average molecular weight is 392 g/mol. The molecule has 1 atom stereocenters. The molecule has 108 valence electrons. The van der Waals surface area contributed by atoms with Crippen LogP contribution in [-0.4, -0.2) is 35.1 Å². The Morgan fingerprint density at radius 3 is 2.90 bits per heavy atom. The molecule has 1 aromatic carbocycles. The third kappa shape index (κ3) is 3.81. The Morgan fingerprint density at radius 1 is 1.50 bits per heavy atom. The van der Waals surface area contributed by atoms with Gasteiger partial charge in [0.05, 0.1) is 5.69 Å². The lowest BCUT2D eigenvalue weighted by atomic mass is 10.1. The molecule has 2 amide bonds. The number of urea groups is 1. The van der Waals surface area contributed by atoms with Crippen molar-refractivity contribution < 1.29 is 19.1 Å². The molecule has 1 heterocycles. The fourth-order valence-corrected chi connectivity index (χ4v) is 2.83. The number of carboxylic acid groups (broad SMARTS) is 1. The minimum atomic E-state index is -0.842. The summed E-state index contributed by atoms with van der Waals surface area (Å²) in [5.41, 5.74) is 0.554. The maximum Gasteiger partial charge on any atom is 0.321 e. The third-order valence-electron chi connectivity index (χ3n) is 3.21. The summed E-state index contributed by atoms with van der Waals surface area (Å²) in [5.74, 6) is -1.19. The standard InChI is InChI=1S/C13H14FIN2O3/c14-9-1-2-11(10(15)6-9)16-13(20)17-4-3-8(7-17)5-12(18)19/h1-2,6,8H,3-5,7H2,(H,16,20)(H,18,19). The molecule has 2 rings (SSSR count). The van der Waals surface area contributed by atoms with Gasteiger partial charge in [0.25, 0.3) is 0 Å². The topological polar surface area (TPSA) is 69.6 Å². The zero-order valence-corrected chi connectivity index (χ0v) is 12.8. The van der Waals surface area contributed by atoms with Gasteiger partial charge in [-0.3, -0.25) is 4.79 Å². The van der Waals surface area contributed by atoms with Crippen molar-refractivity contribution in [2.24, 2.45) is 5.92 Å². The molecule has 1 aliphatic heterocycles. The molecular weight excluding hydrogens is 378 g/mol. The predicted molar refractivity (Wildman–Crippen MR) is 80.1 cm³/mol. The second-order valence-electron chi connectivity index (χ2n) is 4.75. The number of hydrogen-bond donors (Lipinski definition) is 2. The van der Waals surface area contributed by atoms with Gasteiger partial charge in [-0.25, -0.2) is 9.18 Å². The van der Waals surface area contributed by atoms with Crippen LogP contribution in [0.2, 0.25) is 0 Å². The second-order valence-corrected chi connectivity index (χ2v) is 5.92. The molecule has 1 aliphatic rings. The quantitative estimate of drug-likeness (QED) is 0.778. The van der Waals surface area contributed by atoms with Crippen LogP contribution >= 0.6 is 22.6 Å². The number of rotatable bonds is 3. The Hall–Kier alpha value is -1.38. The Kier molecular flexibility index (Phi) is 4.79. The second kappa shape index (κ2) is 6.38. The Balaban J connectivity index is 1.94. The highest BCUT2D eigenvalue weighted by Crippen LogP contribution is 2.23. The number of carboxylic acids is 1. The fourth-order valence-electron chi connectivity index (χ4n) is 2.22. The average Bonchev–Trinajstić information content (AvgIpc) is 2.80. The van der Waals surface area contributed by atoms with Gasteiger partial charge in [0, 0.05) is 23.1 Å². The van der Waals surface area contributed by atoms with E-state index in [4.69, 9.17) is 5.11 Å². The van der Waals surface area contributed by atoms with Gasteiger partial charge in [-0.2, -0.15) is 0 Å². The first-order valence-corrected chi connectivity index (χ1v) is 7.26. The van der Waals surface area contributed by atoms with Gasteiger partial charge >= 0.3 is 12.0 Å². The highest BCUT2D eigenvalue weighted by Gasteiger charge is 2.27. The summed E-state index contributed by atoms with van der Waals surface area (Å²) in [5, 5.41) is 11.5. The van der Waals surface area contributed by atoms with Crippen LogP contribution in [0.4, 0.5) is 14.9 Å². The van der Waals surface area contributed by atoms with Crippen molar-refractivity contribution in [2.45, 2.75) is 12.8 Å². The van der Waals surface area contributed by atoms with Crippen molar-refractivity contribution in [1.29, 1.82) is 0 Å². The molecule has 0 radical (unpaired) electrons. The molecule has 1 fully saturated rings. The number of nitrogens with zero attached hydrogens (tertiary/aromatic N) is 1. The number of carbonyl (C=O) groups is 2. The van der Waals surface area contributed by atoms with Crippen molar-refractivity contribution in [3.05, 3.63) is 27.6 Å². The lowest BCUT2D eigenvalue weighted by molar-refractivity contribution is -0.138. The summed E-state index contributed by atoms with van der Waals surface area (Å²) in [6.07, 6.45) is 0.776. The first-order valence-electron chi connectivity index (χ1n) is 6.18. The summed E-state index contributed by atoms with van der Waals surface area (Å²) < 4.78 is 13.6. The summed E-state index contributed by atoms with van der Waals surface area (Å²) in [6, 6.07) is 3.87. The van der Waals surface area contributed by atoms with E-state index in [1.54, 1.807) is 4.90 Å². The number of carbonyl (C=O) groups excluding carboxylic acids is 1. The number of hydrogen-bond acceptors (Lipinski definition) is 2. The van der Waals surface area contributed by atoms with Gasteiger partial charge in [0.15, 0.2) is 0 Å². The zero-order chi connectivity index (χ0) is 14.7. The molecule has 2 N–H and O–H groups in total. The number of likely N-dealkylation sites (tertiary alicyclic amines) is 1. The summed E-state index contributed by atoms with van der Waals surface area (Å²) in [7, 11) is 0. The van der Waals surface area contributed by atoms with E-state index in [2.05, 4.69) is 5.32 Å². The maximum absolute atomic E-state index is 13.0. The molecule has 1 saturated heterocycles. The van der Waals surface area contributed by atoms with Crippen molar-refractivity contribution in [3.63, 3.8) is 0 Å². The first-order chi connectivity index (χ1) is 9.45. The molecule has 5 nitrogen and oxygen atoms in total. The van der Waals surface area contributed by atoms with Crippen LogP contribution in [0.5, 0.6) is 0 Å². The molecule has 1 unspecified atom stereocenters. The normalized spacial score (nSPS) is 18.1. The highest BCUT2D eigenvalue weighted by atomic mass is 127. The van der Waals surface area contributed by atoms with Crippen molar-refractivity contribution >= 4 is 40.3 Å². The van der Waals surface area contributed by atoms with Gasteiger partial charge in [-0.05, 0) is 53.1 Å². The minimum absolute atomic E-state index is 0.00513. The van der Waals surface area contributed by atoms with E-state index in [1.807, 2.05) is 22.6 Å². The third-order valence-corrected chi connectivity index (χ3v) is 4.10. The predicted octanol–water partition coefficient (Wildman–Crippen LogP) is 2.76. The largest absolute Gasteiger partial charge is 0.481 e. The molecule has 0 bridgehead atoms. The van der Waals surface area contributed by atoms with Crippen LogP contribution in [0.25, 0.3) is 0 Å². The first kappa shape index (κ1) is 15.0. The summed E-state index contributed by atoms with van der Waals surface area (Å²) in [4.78, 5) is 24.3. The summed E-state index contributed by atoms with van der Waals surface area (Å²) >= 11 is 1.95. The Labute approximate surface area is 129 Å². The van der Waals surface area contributed by atoms with Gasteiger partial charge in [-0.15, -0.1) is 0 Å². The Morgan fingerprint density at radius 2 is 2.25 bits per heavy atom. The van der Waals surface area contributed by atoms with Gasteiger partial charge in [0.2, 0.25) is 0 Å². The van der Waals surface area contributed by atoms with E-state index in [0.29, 0.717) is 28.8 Å². The van der Waals surface area contributed by atoms with E-state index in [-0.39, 0.29) is 24.2 Å². The number of benzene rings is 1. The van der Waals surface area contributed by atoms with E-state index in [1.165, 1.54) is 18.2 Å². The van der Waals surface area contributed by atoms with Crippen LogP contribution in [0, 0.1) is 15.3 Å². The monoisotopic (exact) mass is 392 g/mol. The van der Waals surface area contributed by atoms with Gasteiger partial charge < -0.3 is 15.3 Å².